The van der Waals surface area contributed by atoms with Crippen LogP contribution >= 0.6 is 0 Å². The lowest BCUT2D eigenvalue weighted by atomic mass is 9.44. The lowest BCUT2D eigenvalue weighted by Gasteiger charge is -2.60. The molecule has 5 heteroatoms. The van der Waals surface area contributed by atoms with Crippen molar-refractivity contribution in [3.05, 3.63) is 34.9 Å². The molecule has 4 aliphatic rings. The second-order valence-corrected chi connectivity index (χ2v) is 13.6. The Kier molecular flexibility index (Phi) is 6.95. The Morgan fingerprint density at radius 3 is 2.43 bits per heavy atom. The van der Waals surface area contributed by atoms with Gasteiger partial charge in [0.05, 0.1) is 0 Å². The van der Waals surface area contributed by atoms with Crippen molar-refractivity contribution in [3.8, 4) is 0 Å². The zero-order valence-corrected chi connectivity index (χ0v) is 24.1. The van der Waals surface area contributed by atoms with E-state index < -0.39 is 5.97 Å². The van der Waals surface area contributed by atoms with Gasteiger partial charge in [0.15, 0.2) is 0 Å². The quantitative estimate of drug-likeness (QED) is 0.305. The van der Waals surface area contributed by atoms with E-state index in [-0.39, 0.29) is 39.7 Å². The van der Waals surface area contributed by atoms with Crippen LogP contribution in [0.1, 0.15) is 100 Å². The van der Waals surface area contributed by atoms with E-state index in [2.05, 4.69) is 53.7 Å². The second kappa shape index (κ2) is 9.24. The molecular weight excluding hydrogens is 464 g/mol. The number of esters is 1. The van der Waals surface area contributed by atoms with Crippen LogP contribution < -0.4 is 0 Å². The highest BCUT2D eigenvalue weighted by molar-refractivity contribution is 5.86. The smallest absolute Gasteiger partial charge is 0.330 e. The van der Waals surface area contributed by atoms with Crippen LogP contribution in [0.4, 0.5) is 0 Å². The summed E-state index contributed by atoms with van der Waals surface area (Å²) < 4.78 is 6.13. The van der Waals surface area contributed by atoms with E-state index in [0.717, 1.165) is 38.5 Å². The Hall–Kier alpha value is -2.17. The summed E-state index contributed by atoms with van der Waals surface area (Å²) in [6.07, 6.45) is 12.2. The molecule has 5 nitrogen and oxygen atoms in total. The fourth-order valence-corrected chi connectivity index (χ4v) is 8.94. The summed E-state index contributed by atoms with van der Waals surface area (Å²) in [5.74, 6) is 0.251. The van der Waals surface area contributed by atoms with Crippen LogP contribution in [0.2, 0.25) is 0 Å². The largest absolute Gasteiger partial charge is 0.478 e. The number of hydrogen-bond donors (Lipinski definition) is 1. The molecule has 0 radical (unpaired) electrons. The van der Waals surface area contributed by atoms with Gasteiger partial charge in [0.1, 0.15) is 11.9 Å². The lowest BCUT2D eigenvalue weighted by Crippen LogP contribution is -2.55. The van der Waals surface area contributed by atoms with Gasteiger partial charge in [-0.3, -0.25) is 9.59 Å². The fraction of sp³-hybridized carbons (Fsp3) is 0.719. The molecule has 0 aromatic carbocycles. The number of carbonyl (C=O) groups excluding carboxylic acids is 2. The highest BCUT2D eigenvalue weighted by Crippen LogP contribution is 2.72. The molecule has 1 unspecified atom stereocenters. The van der Waals surface area contributed by atoms with Crippen LogP contribution in [0.3, 0.4) is 0 Å². The van der Waals surface area contributed by atoms with Gasteiger partial charge in [0.25, 0.3) is 0 Å². The summed E-state index contributed by atoms with van der Waals surface area (Å²) in [7, 11) is 0. The Balaban J connectivity index is 1.73. The second-order valence-electron chi connectivity index (χ2n) is 13.6. The van der Waals surface area contributed by atoms with Crippen LogP contribution in [-0.4, -0.2) is 28.9 Å². The summed E-state index contributed by atoms with van der Waals surface area (Å²) in [5.41, 5.74) is 2.31. The van der Waals surface area contributed by atoms with Crippen molar-refractivity contribution < 1.29 is 24.2 Å². The summed E-state index contributed by atoms with van der Waals surface area (Å²) in [4.78, 5) is 36.4. The first-order valence-corrected chi connectivity index (χ1v) is 14.1. The molecule has 204 valence electrons. The van der Waals surface area contributed by atoms with Gasteiger partial charge in [0.2, 0.25) is 0 Å². The molecule has 37 heavy (non-hydrogen) atoms. The zero-order chi connectivity index (χ0) is 27.6. The number of carbonyl (C=O) groups is 3. The van der Waals surface area contributed by atoms with Crippen molar-refractivity contribution in [1.29, 1.82) is 0 Å². The fourth-order valence-electron chi connectivity index (χ4n) is 8.94. The number of ketones is 1. The number of carboxylic acid groups (broad SMARTS) is 1. The van der Waals surface area contributed by atoms with E-state index in [4.69, 9.17) is 4.74 Å². The van der Waals surface area contributed by atoms with E-state index in [9.17, 15) is 19.5 Å². The van der Waals surface area contributed by atoms with Gasteiger partial charge in [0, 0.05) is 29.7 Å². The highest BCUT2D eigenvalue weighted by Gasteiger charge is 2.67. The molecule has 0 heterocycles. The zero-order valence-electron chi connectivity index (χ0n) is 24.1. The van der Waals surface area contributed by atoms with E-state index >= 15 is 0 Å². The molecule has 0 saturated heterocycles. The van der Waals surface area contributed by atoms with Crippen LogP contribution in [-0.2, 0) is 19.1 Å². The predicted octanol–water partition coefficient (Wildman–Crippen LogP) is 7.07. The van der Waals surface area contributed by atoms with E-state index in [1.165, 1.54) is 18.1 Å². The number of aliphatic carboxylic acids is 1. The van der Waals surface area contributed by atoms with Crippen molar-refractivity contribution in [3.63, 3.8) is 0 Å². The van der Waals surface area contributed by atoms with Crippen molar-refractivity contribution in [2.75, 3.05) is 0 Å². The summed E-state index contributed by atoms with van der Waals surface area (Å²) in [6.45, 7) is 16.8. The Labute approximate surface area is 222 Å². The first-order chi connectivity index (χ1) is 17.1. The Bertz CT molecular complexity index is 1090. The first-order valence-electron chi connectivity index (χ1n) is 14.1. The maximum absolute atomic E-state index is 12.9. The molecule has 2 saturated carbocycles. The van der Waals surface area contributed by atoms with Gasteiger partial charge in [-0.25, -0.2) is 4.79 Å². The molecule has 0 bridgehead atoms. The molecule has 4 aliphatic carbocycles. The number of allylic oxidation sites excluding steroid dienone is 4. The molecule has 0 aromatic heterocycles. The van der Waals surface area contributed by atoms with Crippen molar-refractivity contribution in [2.45, 2.75) is 106 Å². The van der Waals surface area contributed by atoms with Gasteiger partial charge in [-0.1, -0.05) is 59.8 Å². The molecule has 7 atom stereocenters. The number of fused-ring (bicyclic) bond motifs is 5. The molecule has 1 N–H and O–H groups in total. The third kappa shape index (κ3) is 4.06. The van der Waals surface area contributed by atoms with Crippen LogP contribution in [0.15, 0.2) is 34.9 Å². The minimum absolute atomic E-state index is 0.0601. The van der Waals surface area contributed by atoms with Gasteiger partial charge >= 0.3 is 11.9 Å². The third-order valence-corrected chi connectivity index (χ3v) is 11.5. The average Bonchev–Trinajstić information content (AvgIpc) is 3.03. The normalized spacial score (nSPS) is 39.5. The molecule has 0 amide bonds. The Morgan fingerprint density at radius 1 is 1.14 bits per heavy atom. The first kappa shape index (κ1) is 27.9. The van der Waals surface area contributed by atoms with Crippen molar-refractivity contribution >= 4 is 17.7 Å². The minimum atomic E-state index is -0.864. The SMILES string of the molecule is CC(=O)OC1C[C@H]([C@H](C)CC/C=C(\C)C(=O)O)[C@@]2(C)CC=C3C(=CC[C@H]4C(C)(C)C(=O)CC[C@]34C)[C@]12C. The van der Waals surface area contributed by atoms with E-state index in [1.54, 1.807) is 6.92 Å². The molecular formula is C32H46O5. The van der Waals surface area contributed by atoms with E-state index in [1.807, 2.05) is 6.08 Å². The minimum Gasteiger partial charge on any atom is -0.478 e. The lowest BCUT2D eigenvalue weighted by molar-refractivity contribution is -0.152. The van der Waals surface area contributed by atoms with Gasteiger partial charge in [-0.15, -0.1) is 0 Å². The Morgan fingerprint density at radius 2 is 1.81 bits per heavy atom. The standard InChI is InChI=1S/C32H46O5/c1-19(10-9-11-20(2)28(35)36)24-18-27(37-21(3)33)32(8)23-12-13-25-29(4,5)26(34)15-16-30(25,6)22(23)14-17-31(24,32)7/h11-12,14,19,24-25,27H,9-10,13,15-18H2,1-8H3,(H,35,36)/b20-11+/t19-,24-,25+,27?,30-,31-,32-/m1/s1. The number of carboxylic acids is 1. The maximum atomic E-state index is 12.9. The van der Waals surface area contributed by atoms with Gasteiger partial charge in [-0.05, 0) is 85.2 Å². The maximum Gasteiger partial charge on any atom is 0.330 e. The van der Waals surface area contributed by atoms with Crippen LogP contribution in [0, 0.1) is 39.4 Å². The van der Waals surface area contributed by atoms with Crippen LogP contribution in [0.25, 0.3) is 0 Å². The molecule has 0 aromatic rings. The van der Waals surface area contributed by atoms with Crippen LogP contribution in [0.5, 0.6) is 0 Å². The highest BCUT2D eigenvalue weighted by atomic mass is 16.5. The number of hydrogen-bond acceptors (Lipinski definition) is 4. The molecule has 2 fully saturated rings. The number of Topliss-reactive ketones (excluding diaryl/α,β-unsaturated/α-hetero) is 1. The van der Waals surface area contributed by atoms with Gasteiger partial charge < -0.3 is 9.84 Å². The summed E-state index contributed by atoms with van der Waals surface area (Å²) in [6, 6.07) is 0. The molecule has 0 spiro atoms. The molecule has 4 rings (SSSR count). The topological polar surface area (TPSA) is 80.7 Å². The average molecular weight is 511 g/mol. The van der Waals surface area contributed by atoms with Crippen molar-refractivity contribution in [2.24, 2.45) is 39.4 Å². The van der Waals surface area contributed by atoms with Crippen molar-refractivity contribution in [1.82, 2.24) is 0 Å². The number of ether oxygens (including phenoxy) is 1. The molecule has 0 aliphatic heterocycles. The van der Waals surface area contributed by atoms with Gasteiger partial charge in [-0.2, -0.15) is 0 Å². The summed E-state index contributed by atoms with van der Waals surface area (Å²) >= 11 is 0. The third-order valence-electron chi connectivity index (χ3n) is 11.5. The predicted molar refractivity (Wildman–Crippen MR) is 145 cm³/mol. The summed E-state index contributed by atoms with van der Waals surface area (Å²) in [5, 5.41) is 9.22. The van der Waals surface area contributed by atoms with E-state index in [0.29, 0.717) is 29.6 Å². The number of rotatable bonds is 6. The monoisotopic (exact) mass is 510 g/mol.